The zero-order chi connectivity index (χ0) is 19.7. The molecule has 1 aromatic carbocycles. The van der Waals surface area contributed by atoms with Crippen molar-refractivity contribution in [2.45, 2.75) is 13.3 Å². The molecule has 0 radical (unpaired) electrons. The minimum atomic E-state index is -1.05. The maximum Gasteiger partial charge on any atom is 0.338 e. The van der Waals surface area contributed by atoms with Gasteiger partial charge in [0.25, 0.3) is 0 Å². The molecule has 8 heteroatoms. The van der Waals surface area contributed by atoms with Crippen LogP contribution >= 0.6 is 0 Å². The molecule has 0 bridgehead atoms. The van der Waals surface area contributed by atoms with Crippen LogP contribution in [0.1, 0.15) is 28.9 Å². The van der Waals surface area contributed by atoms with E-state index in [9.17, 15) is 9.90 Å². The molecule has 0 saturated heterocycles. The number of rotatable bonds is 4. The van der Waals surface area contributed by atoms with Gasteiger partial charge in [0.2, 0.25) is 5.82 Å². The zero-order valence-electron chi connectivity index (χ0n) is 14.8. The number of fused-ring (bicyclic) bond motifs is 1. The Labute approximate surface area is 159 Å². The summed E-state index contributed by atoms with van der Waals surface area (Å²) in [6.45, 7) is 1.94. The Balaban J connectivity index is 1.94. The van der Waals surface area contributed by atoms with Crippen molar-refractivity contribution in [3.63, 3.8) is 0 Å². The summed E-state index contributed by atoms with van der Waals surface area (Å²) in [4.78, 5) is 31.7. The quantitative estimate of drug-likeness (QED) is 0.564. The van der Waals surface area contributed by atoms with Gasteiger partial charge in [0, 0.05) is 29.9 Å². The third-order valence-electron chi connectivity index (χ3n) is 4.31. The van der Waals surface area contributed by atoms with Gasteiger partial charge in [-0.05, 0) is 12.1 Å². The van der Waals surface area contributed by atoms with E-state index in [2.05, 4.69) is 24.9 Å². The second kappa shape index (κ2) is 6.89. The summed E-state index contributed by atoms with van der Waals surface area (Å²) in [5.74, 6) is -0.356. The van der Waals surface area contributed by atoms with Crippen LogP contribution < -0.4 is 0 Å². The molecule has 0 spiro atoms. The number of hydrogen-bond donors (Lipinski definition) is 2. The monoisotopic (exact) mass is 370 g/mol. The number of H-pyrrole nitrogens is 1. The summed E-state index contributed by atoms with van der Waals surface area (Å²) in [7, 11) is 0. The lowest BCUT2D eigenvalue weighted by molar-refractivity contribution is 0.0699. The van der Waals surface area contributed by atoms with E-state index in [1.165, 1.54) is 12.4 Å². The summed E-state index contributed by atoms with van der Waals surface area (Å²) >= 11 is 0. The average Bonchev–Trinajstić information content (AvgIpc) is 3.17. The van der Waals surface area contributed by atoms with Crippen LogP contribution in [0.3, 0.4) is 0 Å². The number of benzene rings is 1. The third kappa shape index (κ3) is 2.95. The van der Waals surface area contributed by atoms with Gasteiger partial charge in [-0.25, -0.2) is 24.7 Å². The first-order valence-electron chi connectivity index (χ1n) is 8.56. The highest BCUT2D eigenvalue weighted by Crippen LogP contribution is 2.31. The maximum absolute atomic E-state index is 11.6. The van der Waals surface area contributed by atoms with Crippen molar-refractivity contribution in [2.24, 2.45) is 0 Å². The van der Waals surface area contributed by atoms with E-state index in [-0.39, 0.29) is 11.4 Å². The maximum atomic E-state index is 11.6. The van der Waals surface area contributed by atoms with Crippen LogP contribution in [0.2, 0.25) is 0 Å². The number of carboxylic acids is 1. The first kappa shape index (κ1) is 17.3. The first-order chi connectivity index (χ1) is 13.6. The molecular weight excluding hydrogens is 356 g/mol. The highest BCUT2D eigenvalue weighted by molar-refractivity contribution is 6.07. The number of nitrogens with zero attached hydrogens (tertiary/aromatic N) is 5. The van der Waals surface area contributed by atoms with Gasteiger partial charge < -0.3 is 10.1 Å². The Bertz CT molecular complexity index is 1260. The number of hydrogen-bond acceptors (Lipinski definition) is 6. The molecule has 0 aliphatic heterocycles. The Kier molecular flexibility index (Phi) is 4.26. The van der Waals surface area contributed by atoms with E-state index >= 15 is 0 Å². The van der Waals surface area contributed by atoms with E-state index in [1.54, 1.807) is 6.07 Å². The minimum Gasteiger partial charge on any atom is -0.478 e. The number of aromatic nitrogens is 5. The first-order valence-corrected chi connectivity index (χ1v) is 8.56. The summed E-state index contributed by atoms with van der Waals surface area (Å²) < 4.78 is 0. The van der Waals surface area contributed by atoms with Crippen LogP contribution in [0.5, 0.6) is 0 Å². The predicted octanol–water partition coefficient (Wildman–Crippen LogP) is 3.21. The van der Waals surface area contributed by atoms with E-state index in [4.69, 9.17) is 5.26 Å². The third-order valence-corrected chi connectivity index (χ3v) is 4.31. The molecule has 0 atom stereocenters. The Morgan fingerprint density at radius 3 is 2.79 bits per heavy atom. The van der Waals surface area contributed by atoms with Crippen molar-refractivity contribution in [1.82, 2.24) is 24.9 Å². The number of aryl methyl sites for hydroxylation is 1. The highest BCUT2D eigenvalue weighted by atomic mass is 16.4. The van der Waals surface area contributed by atoms with Crippen molar-refractivity contribution in [3.8, 4) is 28.6 Å². The molecule has 0 fully saturated rings. The van der Waals surface area contributed by atoms with Gasteiger partial charge in [-0.2, -0.15) is 5.26 Å². The van der Waals surface area contributed by atoms with Crippen LogP contribution in [-0.2, 0) is 6.42 Å². The second-order valence-electron chi connectivity index (χ2n) is 6.03. The van der Waals surface area contributed by atoms with Crippen LogP contribution in [0, 0.1) is 11.3 Å². The summed E-state index contributed by atoms with van der Waals surface area (Å²) in [6, 6.07) is 11.1. The van der Waals surface area contributed by atoms with Crippen molar-refractivity contribution >= 4 is 17.0 Å². The lowest BCUT2D eigenvalue weighted by Crippen LogP contribution is -2.00. The van der Waals surface area contributed by atoms with Crippen LogP contribution in [0.15, 0.2) is 42.7 Å². The molecule has 4 rings (SSSR count). The van der Waals surface area contributed by atoms with E-state index in [0.29, 0.717) is 34.7 Å². The van der Waals surface area contributed by atoms with Crippen LogP contribution in [-0.4, -0.2) is 36.0 Å². The van der Waals surface area contributed by atoms with Crippen molar-refractivity contribution in [1.29, 1.82) is 5.26 Å². The summed E-state index contributed by atoms with van der Waals surface area (Å²) in [6.07, 6.45) is 3.57. The van der Waals surface area contributed by atoms with Gasteiger partial charge in [0.15, 0.2) is 0 Å². The summed E-state index contributed by atoms with van der Waals surface area (Å²) in [5, 5.41) is 19.0. The Morgan fingerprint density at radius 2 is 2.04 bits per heavy atom. The smallest absolute Gasteiger partial charge is 0.338 e. The molecule has 0 aliphatic carbocycles. The Hall–Kier alpha value is -4.12. The van der Waals surface area contributed by atoms with Gasteiger partial charge >= 0.3 is 5.97 Å². The predicted molar refractivity (Wildman–Crippen MR) is 101 cm³/mol. The van der Waals surface area contributed by atoms with Crippen molar-refractivity contribution in [2.75, 3.05) is 0 Å². The molecule has 3 aromatic heterocycles. The van der Waals surface area contributed by atoms with E-state index in [1.807, 2.05) is 37.3 Å². The lowest BCUT2D eigenvalue weighted by atomic mass is 10.0. The number of aromatic amines is 1. The number of carboxylic acid groups (broad SMARTS) is 1. The number of aromatic carboxylic acids is 1. The number of nitrogens with one attached hydrogen (secondary N) is 1. The van der Waals surface area contributed by atoms with Crippen LogP contribution in [0.4, 0.5) is 0 Å². The van der Waals surface area contributed by atoms with Crippen molar-refractivity contribution in [3.05, 3.63) is 59.9 Å². The van der Waals surface area contributed by atoms with Gasteiger partial charge in [-0.15, -0.1) is 0 Å². The molecule has 0 aliphatic rings. The normalized spacial score (nSPS) is 10.7. The fraction of sp³-hybridized carbons (Fsp3) is 0.100. The fourth-order valence-electron chi connectivity index (χ4n) is 3.01. The molecule has 2 N–H and O–H groups in total. The van der Waals surface area contributed by atoms with Crippen LogP contribution in [0.25, 0.3) is 33.5 Å². The minimum absolute atomic E-state index is 0.0828. The molecule has 3 heterocycles. The van der Waals surface area contributed by atoms with Gasteiger partial charge in [0.1, 0.15) is 17.5 Å². The standard InChI is InChI=1S/C20H14N6O2/c1-2-15-25-18(17-13(20(27)28)10-23-19(17)26-15)12-5-3-4-11(8-12)14-6-7-22-16(9-21)24-14/h3-8,10H,2H2,1H3,(H,27,28)(H,23,25,26). The highest BCUT2D eigenvalue weighted by Gasteiger charge is 2.19. The number of carbonyl (C=O) groups is 1. The molecular formula is C20H14N6O2. The number of nitriles is 1. The van der Waals surface area contributed by atoms with Gasteiger partial charge in [0.05, 0.1) is 22.3 Å². The average molecular weight is 370 g/mol. The SMILES string of the molecule is CCc1nc(-c2cccc(-c3ccnc(C#N)n3)c2)c2c(C(=O)O)c[nH]c2n1. The molecule has 0 amide bonds. The fourth-order valence-corrected chi connectivity index (χ4v) is 3.01. The molecule has 8 nitrogen and oxygen atoms in total. The van der Waals surface area contributed by atoms with Gasteiger partial charge in [-0.1, -0.05) is 25.1 Å². The zero-order valence-corrected chi connectivity index (χ0v) is 14.8. The van der Waals surface area contributed by atoms with E-state index in [0.717, 1.165) is 11.1 Å². The lowest BCUT2D eigenvalue weighted by Gasteiger charge is -2.08. The summed E-state index contributed by atoms with van der Waals surface area (Å²) in [5.41, 5.74) is 3.25. The Morgan fingerprint density at radius 1 is 1.21 bits per heavy atom. The second-order valence-corrected chi connectivity index (χ2v) is 6.03. The van der Waals surface area contributed by atoms with Gasteiger partial charge in [-0.3, -0.25) is 0 Å². The largest absolute Gasteiger partial charge is 0.478 e. The molecule has 136 valence electrons. The topological polar surface area (TPSA) is 128 Å². The molecule has 28 heavy (non-hydrogen) atoms. The van der Waals surface area contributed by atoms with Crippen molar-refractivity contribution < 1.29 is 9.90 Å². The molecule has 0 saturated carbocycles. The molecule has 0 unspecified atom stereocenters. The molecule has 4 aromatic rings. The van der Waals surface area contributed by atoms with E-state index < -0.39 is 5.97 Å².